The molecule has 0 aliphatic rings. The summed E-state index contributed by atoms with van der Waals surface area (Å²) < 4.78 is 75.4. The normalized spacial score (nSPS) is 14.3. The van der Waals surface area contributed by atoms with Gasteiger partial charge in [0.05, 0.1) is 0 Å². The number of carbonyl (C=O) groups excluding carboxylic acids is 1. The number of aliphatic hydroxyl groups excluding tert-OH is 3. The number of carbonyl (C=O) groups is 1. The minimum atomic E-state index is -10.7. The second kappa shape index (κ2) is 16.4. The first-order valence-electron chi connectivity index (χ1n) is 15.7. The number of thiol groups is 1. The standard InChI is InChI=1S/C37H34O7S2.F6P/c1-23(38)42-29-10-4-27(5-11-29)37(41)28-8-17-33(18-9-28)45-32-15-6-26(7-16-32)35-22-31(44-25(3)40)14-21-36(35)46-34-19-12-30(13-20-34)43-24(2)39;1-7(2,3,4,5)6/h4-25,38-40H,1-3H3;/q;-1/p+1. The molecule has 16 heteroatoms. The Hall–Kier alpha value is -4.24. The molecule has 0 amide bonds. The van der Waals surface area contributed by atoms with Crippen molar-refractivity contribution in [3.05, 3.63) is 126 Å². The van der Waals surface area contributed by atoms with Crippen molar-refractivity contribution in [2.75, 3.05) is 0 Å². The Kier molecular flexibility index (Phi) is 12.9. The van der Waals surface area contributed by atoms with Crippen molar-refractivity contribution >= 4 is 37.1 Å². The van der Waals surface area contributed by atoms with Gasteiger partial charge in [-0.3, -0.25) is 4.79 Å². The van der Waals surface area contributed by atoms with E-state index in [2.05, 4.69) is 24.3 Å². The first-order valence-corrected chi connectivity index (χ1v) is 19.4. The van der Waals surface area contributed by atoms with Gasteiger partial charge in [-0.25, -0.2) is 0 Å². The Balaban J connectivity index is 0.000000815. The molecule has 0 saturated heterocycles. The zero-order chi connectivity index (χ0) is 39.0. The number of benzene rings is 5. The first kappa shape index (κ1) is 41.5. The van der Waals surface area contributed by atoms with E-state index in [0.717, 1.165) is 42.5 Å². The molecular formula is C37H35F6O7PS2. The molecule has 3 atom stereocenters. The van der Waals surface area contributed by atoms with E-state index in [1.54, 1.807) is 49.9 Å². The fraction of sp³-hybridized carbons (Fsp3) is 0.162. The number of halogens is 6. The van der Waals surface area contributed by atoms with Gasteiger partial charge in [-0.1, -0.05) is 23.9 Å². The van der Waals surface area contributed by atoms with E-state index in [4.69, 9.17) is 14.2 Å². The predicted molar refractivity (Wildman–Crippen MR) is 195 cm³/mol. The van der Waals surface area contributed by atoms with Gasteiger partial charge in [-0.15, -0.1) is 0 Å². The average molecular weight is 801 g/mol. The fourth-order valence-electron chi connectivity index (χ4n) is 4.61. The van der Waals surface area contributed by atoms with Gasteiger partial charge in [-0.05, 0) is 129 Å². The molecule has 0 heterocycles. The molecule has 0 radical (unpaired) electrons. The molecule has 7 nitrogen and oxygen atoms in total. The van der Waals surface area contributed by atoms with Crippen LogP contribution in [0.3, 0.4) is 0 Å². The Bertz CT molecular complexity index is 1970. The molecule has 0 spiro atoms. The van der Waals surface area contributed by atoms with Crippen molar-refractivity contribution in [3.8, 4) is 28.4 Å². The van der Waals surface area contributed by atoms with Crippen LogP contribution in [-0.4, -0.2) is 40.0 Å². The van der Waals surface area contributed by atoms with Crippen LogP contribution >= 0.6 is 19.6 Å². The predicted octanol–water partition coefficient (Wildman–Crippen LogP) is 10.5. The Morgan fingerprint density at radius 2 is 0.962 bits per heavy atom. The Morgan fingerprint density at radius 3 is 1.42 bits per heavy atom. The molecule has 3 N–H and O–H groups in total. The van der Waals surface area contributed by atoms with Crippen molar-refractivity contribution in [2.45, 2.75) is 59.2 Å². The van der Waals surface area contributed by atoms with Crippen LogP contribution in [0.4, 0.5) is 25.2 Å². The molecule has 0 saturated carbocycles. The van der Waals surface area contributed by atoms with Crippen molar-refractivity contribution < 1.29 is 59.5 Å². The molecule has 0 aliphatic carbocycles. The molecular weight excluding hydrogens is 765 g/mol. The van der Waals surface area contributed by atoms with Crippen molar-refractivity contribution in [2.24, 2.45) is 0 Å². The average Bonchev–Trinajstić information content (AvgIpc) is 3.05. The van der Waals surface area contributed by atoms with Crippen LogP contribution in [0.1, 0.15) is 36.7 Å². The van der Waals surface area contributed by atoms with E-state index in [9.17, 15) is 45.3 Å². The zero-order valence-electron chi connectivity index (χ0n) is 28.2. The van der Waals surface area contributed by atoms with Crippen LogP contribution in [0.15, 0.2) is 135 Å². The van der Waals surface area contributed by atoms with Gasteiger partial charge in [-0.2, -0.15) is 0 Å². The summed E-state index contributed by atoms with van der Waals surface area (Å²) in [6, 6.07) is 35.8. The van der Waals surface area contributed by atoms with Gasteiger partial charge in [0.1, 0.15) is 17.2 Å². The third-order valence-corrected chi connectivity index (χ3v) is 8.81. The van der Waals surface area contributed by atoms with Crippen LogP contribution < -0.4 is 14.2 Å². The van der Waals surface area contributed by atoms with Gasteiger partial charge in [0.15, 0.2) is 34.4 Å². The minimum absolute atomic E-state index is 0.0922. The van der Waals surface area contributed by atoms with E-state index >= 15 is 0 Å². The molecule has 0 fully saturated rings. The van der Waals surface area contributed by atoms with E-state index in [1.807, 2.05) is 66.7 Å². The SMILES string of the molecule is CC(O)Oc1ccc([SH+]c2ccc(OC(C)O)cc2-c2ccc(Sc3ccc(C(=O)c4ccc(OC(C)O)cc4)cc3)cc2)cc1.F[P-](F)(F)(F)(F)F. The van der Waals surface area contributed by atoms with Crippen molar-refractivity contribution in [3.63, 3.8) is 0 Å². The van der Waals surface area contributed by atoms with Crippen LogP contribution in [0.2, 0.25) is 0 Å². The van der Waals surface area contributed by atoms with E-state index < -0.39 is 26.7 Å². The topological polar surface area (TPSA) is 105 Å². The van der Waals surface area contributed by atoms with Crippen LogP contribution in [0.5, 0.6) is 17.2 Å². The number of hydrogen-bond donors (Lipinski definition) is 3. The zero-order valence-corrected chi connectivity index (χ0v) is 30.9. The Morgan fingerprint density at radius 1 is 0.585 bits per heavy atom. The first-order chi connectivity index (χ1) is 24.6. The monoisotopic (exact) mass is 800 g/mol. The molecule has 0 aliphatic heterocycles. The van der Waals surface area contributed by atoms with Gasteiger partial charge in [0, 0.05) is 38.2 Å². The summed E-state index contributed by atoms with van der Waals surface area (Å²) in [6.07, 6.45) is -2.74. The summed E-state index contributed by atoms with van der Waals surface area (Å²) in [6.45, 7) is 4.67. The summed E-state index contributed by atoms with van der Waals surface area (Å²) in [5, 5.41) is 28.6. The van der Waals surface area contributed by atoms with Crippen LogP contribution in [0.25, 0.3) is 11.1 Å². The van der Waals surface area contributed by atoms with E-state index in [0.29, 0.717) is 28.4 Å². The number of ether oxygens (including phenoxy) is 3. The van der Waals surface area contributed by atoms with Crippen LogP contribution in [0, 0.1) is 0 Å². The fourth-order valence-corrected chi connectivity index (χ4v) is 6.47. The summed E-state index contributed by atoms with van der Waals surface area (Å²) in [4.78, 5) is 17.1. The second-order valence-electron chi connectivity index (χ2n) is 11.4. The van der Waals surface area contributed by atoms with Crippen molar-refractivity contribution in [1.29, 1.82) is 0 Å². The van der Waals surface area contributed by atoms with Gasteiger partial charge in [0.2, 0.25) is 0 Å². The summed E-state index contributed by atoms with van der Waals surface area (Å²) in [5.41, 5.74) is 3.11. The number of ketones is 1. The summed E-state index contributed by atoms with van der Waals surface area (Å²) in [5.74, 6) is 1.57. The van der Waals surface area contributed by atoms with Crippen LogP contribution in [-0.2, 0) is 11.8 Å². The molecule has 0 bridgehead atoms. The maximum absolute atomic E-state index is 13.0. The number of aliphatic hydroxyl groups is 3. The summed E-state index contributed by atoms with van der Waals surface area (Å²) in [7, 11) is -10.7. The second-order valence-corrected chi connectivity index (χ2v) is 15.7. The molecule has 5 aromatic carbocycles. The van der Waals surface area contributed by atoms with Gasteiger partial charge < -0.3 is 29.5 Å². The summed E-state index contributed by atoms with van der Waals surface area (Å²) >= 11 is 2.57. The molecule has 3 unspecified atom stereocenters. The maximum atomic E-state index is 13.0. The van der Waals surface area contributed by atoms with Gasteiger partial charge >= 0.3 is 33.0 Å². The molecule has 284 valence electrons. The molecule has 5 rings (SSSR count). The third kappa shape index (κ3) is 15.3. The van der Waals surface area contributed by atoms with E-state index in [1.165, 1.54) is 6.92 Å². The Labute approximate surface area is 309 Å². The molecule has 53 heavy (non-hydrogen) atoms. The van der Waals surface area contributed by atoms with Gasteiger partial charge in [0.25, 0.3) is 0 Å². The third-order valence-electron chi connectivity index (χ3n) is 6.61. The number of hydrogen-bond acceptors (Lipinski definition) is 8. The molecule has 0 aromatic heterocycles. The van der Waals surface area contributed by atoms with Crippen molar-refractivity contribution in [1.82, 2.24) is 0 Å². The number of rotatable bonds is 13. The van der Waals surface area contributed by atoms with E-state index in [-0.39, 0.29) is 5.78 Å². The quantitative estimate of drug-likeness (QED) is 0.0270. The molecule has 5 aromatic rings.